The van der Waals surface area contributed by atoms with Gasteiger partial charge >= 0.3 is 0 Å². The van der Waals surface area contributed by atoms with E-state index in [1.54, 1.807) is 6.20 Å². The summed E-state index contributed by atoms with van der Waals surface area (Å²) in [5, 5.41) is 3.29. The Morgan fingerprint density at radius 1 is 1.32 bits per heavy atom. The first-order valence-electron chi connectivity index (χ1n) is 6.34. The average Bonchev–Trinajstić information content (AvgIpc) is 2.86. The van der Waals surface area contributed by atoms with E-state index in [1.165, 1.54) is 0 Å². The number of hydrogen-bond donors (Lipinski definition) is 1. The van der Waals surface area contributed by atoms with Crippen LogP contribution in [0.4, 0.5) is 0 Å². The van der Waals surface area contributed by atoms with Crippen LogP contribution in [0, 0.1) is 0 Å². The molecule has 5 nitrogen and oxygen atoms in total. The van der Waals surface area contributed by atoms with Gasteiger partial charge in [-0.05, 0) is 13.1 Å². The predicted octanol–water partition coefficient (Wildman–Crippen LogP) is 1.50. The molecule has 1 unspecified atom stereocenters. The van der Waals surface area contributed by atoms with Gasteiger partial charge in [-0.15, -0.1) is 0 Å². The van der Waals surface area contributed by atoms with Crippen LogP contribution < -0.4 is 14.8 Å². The zero-order chi connectivity index (χ0) is 13.2. The Morgan fingerprint density at radius 3 is 2.89 bits per heavy atom. The molecule has 1 N–H and O–H groups in total. The van der Waals surface area contributed by atoms with Crippen LogP contribution in [0.2, 0.25) is 0 Å². The van der Waals surface area contributed by atoms with E-state index in [-0.39, 0.29) is 6.04 Å². The van der Waals surface area contributed by atoms with E-state index in [0.29, 0.717) is 13.2 Å². The number of benzene rings is 1. The van der Waals surface area contributed by atoms with Crippen molar-refractivity contribution in [3.63, 3.8) is 0 Å². The van der Waals surface area contributed by atoms with Crippen LogP contribution in [-0.2, 0) is 7.05 Å². The van der Waals surface area contributed by atoms with Crippen molar-refractivity contribution in [2.24, 2.45) is 7.05 Å². The lowest BCUT2D eigenvalue weighted by Crippen LogP contribution is -2.24. The SMILES string of the molecule is CNC(c1cccc2c1OCCO2)c1nccn1C. The maximum atomic E-state index is 5.77. The Balaban J connectivity index is 2.07. The molecule has 2 heterocycles. The summed E-state index contributed by atoms with van der Waals surface area (Å²) in [6.07, 6.45) is 3.73. The van der Waals surface area contributed by atoms with Gasteiger partial charge < -0.3 is 19.4 Å². The van der Waals surface area contributed by atoms with E-state index in [1.807, 2.05) is 43.1 Å². The first-order valence-corrected chi connectivity index (χ1v) is 6.34. The Kier molecular flexibility index (Phi) is 3.13. The lowest BCUT2D eigenvalue weighted by molar-refractivity contribution is 0.169. The van der Waals surface area contributed by atoms with Gasteiger partial charge in [0.2, 0.25) is 0 Å². The lowest BCUT2D eigenvalue weighted by atomic mass is 10.0. The summed E-state index contributed by atoms with van der Waals surface area (Å²) < 4.78 is 13.4. The molecular formula is C14H17N3O2. The molecule has 0 aliphatic carbocycles. The first-order chi connectivity index (χ1) is 9.31. The molecule has 0 spiro atoms. The third kappa shape index (κ3) is 2.06. The molecule has 1 aromatic carbocycles. The number of nitrogens with one attached hydrogen (secondary N) is 1. The van der Waals surface area contributed by atoms with Gasteiger partial charge in [-0.3, -0.25) is 0 Å². The second-order valence-electron chi connectivity index (χ2n) is 4.49. The molecule has 100 valence electrons. The van der Waals surface area contributed by atoms with Crippen LogP contribution in [0.15, 0.2) is 30.6 Å². The third-order valence-electron chi connectivity index (χ3n) is 3.31. The summed E-state index contributed by atoms with van der Waals surface area (Å²) in [7, 11) is 3.90. The van der Waals surface area contributed by atoms with Crippen molar-refractivity contribution in [1.29, 1.82) is 0 Å². The maximum absolute atomic E-state index is 5.77. The molecule has 1 atom stereocenters. The van der Waals surface area contributed by atoms with Gasteiger partial charge in [0.15, 0.2) is 11.5 Å². The average molecular weight is 259 g/mol. The van der Waals surface area contributed by atoms with Crippen molar-refractivity contribution >= 4 is 0 Å². The minimum atomic E-state index is -0.0170. The summed E-state index contributed by atoms with van der Waals surface area (Å²) >= 11 is 0. The number of fused-ring (bicyclic) bond motifs is 1. The highest BCUT2D eigenvalue weighted by atomic mass is 16.6. The highest BCUT2D eigenvalue weighted by Gasteiger charge is 2.24. The molecule has 5 heteroatoms. The van der Waals surface area contributed by atoms with E-state index in [2.05, 4.69) is 10.3 Å². The number of hydrogen-bond acceptors (Lipinski definition) is 4. The van der Waals surface area contributed by atoms with Crippen LogP contribution >= 0.6 is 0 Å². The van der Waals surface area contributed by atoms with Crippen molar-refractivity contribution in [2.75, 3.05) is 20.3 Å². The van der Waals surface area contributed by atoms with Gasteiger partial charge in [0.25, 0.3) is 0 Å². The summed E-state index contributed by atoms with van der Waals surface area (Å²) in [5.74, 6) is 2.57. The first kappa shape index (κ1) is 12.0. The zero-order valence-electron chi connectivity index (χ0n) is 11.1. The monoisotopic (exact) mass is 259 g/mol. The van der Waals surface area contributed by atoms with E-state index in [0.717, 1.165) is 22.9 Å². The number of para-hydroxylation sites is 1. The molecule has 0 bridgehead atoms. The van der Waals surface area contributed by atoms with Crippen LogP contribution in [0.25, 0.3) is 0 Å². The van der Waals surface area contributed by atoms with Crippen molar-refractivity contribution in [3.05, 3.63) is 42.0 Å². The van der Waals surface area contributed by atoms with Crippen LogP contribution in [0.1, 0.15) is 17.4 Å². The van der Waals surface area contributed by atoms with Gasteiger partial charge in [-0.1, -0.05) is 12.1 Å². The fourth-order valence-corrected chi connectivity index (χ4v) is 2.40. The molecular weight excluding hydrogens is 242 g/mol. The van der Waals surface area contributed by atoms with Crippen molar-refractivity contribution in [3.8, 4) is 11.5 Å². The Hall–Kier alpha value is -2.01. The smallest absolute Gasteiger partial charge is 0.166 e. The Morgan fingerprint density at radius 2 is 2.16 bits per heavy atom. The fourth-order valence-electron chi connectivity index (χ4n) is 2.40. The summed E-state index contributed by atoms with van der Waals surface area (Å²) in [6.45, 7) is 1.18. The highest BCUT2D eigenvalue weighted by Crippen LogP contribution is 2.38. The Bertz CT molecular complexity index is 580. The number of ether oxygens (including phenoxy) is 2. The fraction of sp³-hybridized carbons (Fsp3) is 0.357. The molecule has 0 saturated carbocycles. The predicted molar refractivity (Wildman–Crippen MR) is 71.5 cm³/mol. The minimum Gasteiger partial charge on any atom is -0.486 e. The van der Waals surface area contributed by atoms with Crippen LogP contribution in [0.3, 0.4) is 0 Å². The highest BCUT2D eigenvalue weighted by molar-refractivity contribution is 5.50. The summed E-state index contributed by atoms with van der Waals surface area (Å²) in [6, 6.07) is 5.94. The van der Waals surface area contributed by atoms with E-state index >= 15 is 0 Å². The van der Waals surface area contributed by atoms with Gasteiger partial charge in [-0.25, -0.2) is 4.98 Å². The van der Waals surface area contributed by atoms with Crippen LogP contribution in [-0.4, -0.2) is 29.8 Å². The molecule has 0 radical (unpaired) electrons. The number of aryl methyl sites for hydroxylation is 1. The standard InChI is InChI=1S/C14H17N3O2/c1-15-12(14-16-6-7-17(14)2)10-4-3-5-11-13(10)19-9-8-18-11/h3-7,12,15H,8-9H2,1-2H3. The normalized spacial score (nSPS) is 15.3. The second kappa shape index (κ2) is 4.93. The second-order valence-corrected chi connectivity index (χ2v) is 4.49. The molecule has 3 rings (SSSR count). The largest absolute Gasteiger partial charge is 0.486 e. The zero-order valence-corrected chi connectivity index (χ0v) is 11.1. The number of rotatable bonds is 3. The maximum Gasteiger partial charge on any atom is 0.166 e. The molecule has 19 heavy (non-hydrogen) atoms. The van der Waals surface area contributed by atoms with Crippen LogP contribution in [0.5, 0.6) is 11.5 Å². The molecule has 1 aromatic heterocycles. The number of imidazole rings is 1. The van der Waals surface area contributed by atoms with E-state index in [9.17, 15) is 0 Å². The summed E-state index contributed by atoms with van der Waals surface area (Å²) in [4.78, 5) is 4.42. The third-order valence-corrected chi connectivity index (χ3v) is 3.31. The quantitative estimate of drug-likeness (QED) is 0.907. The van der Waals surface area contributed by atoms with Gasteiger partial charge in [-0.2, -0.15) is 0 Å². The molecule has 1 aliphatic rings. The van der Waals surface area contributed by atoms with Gasteiger partial charge in [0.1, 0.15) is 19.0 Å². The lowest BCUT2D eigenvalue weighted by Gasteiger charge is -2.24. The molecule has 0 amide bonds. The van der Waals surface area contributed by atoms with Gasteiger partial charge in [0, 0.05) is 25.0 Å². The number of nitrogens with zero attached hydrogens (tertiary/aromatic N) is 2. The van der Waals surface area contributed by atoms with Crippen molar-refractivity contribution in [2.45, 2.75) is 6.04 Å². The van der Waals surface area contributed by atoms with Crippen molar-refractivity contribution < 1.29 is 9.47 Å². The molecule has 0 fully saturated rings. The van der Waals surface area contributed by atoms with Gasteiger partial charge in [0.05, 0.1) is 6.04 Å². The Labute approximate surface area is 112 Å². The molecule has 0 saturated heterocycles. The molecule has 1 aliphatic heterocycles. The minimum absolute atomic E-state index is 0.0170. The van der Waals surface area contributed by atoms with E-state index in [4.69, 9.17) is 9.47 Å². The number of aromatic nitrogens is 2. The molecule has 2 aromatic rings. The van der Waals surface area contributed by atoms with E-state index < -0.39 is 0 Å². The summed E-state index contributed by atoms with van der Waals surface area (Å²) in [5.41, 5.74) is 1.05. The van der Waals surface area contributed by atoms with Crippen molar-refractivity contribution in [1.82, 2.24) is 14.9 Å². The topological polar surface area (TPSA) is 48.3 Å².